The quantitative estimate of drug-likeness (QED) is 0.548. The summed E-state index contributed by atoms with van der Waals surface area (Å²) in [6.45, 7) is 0. The van der Waals surface area contributed by atoms with E-state index in [9.17, 15) is 4.79 Å². The molecule has 0 aromatic rings. The third-order valence-corrected chi connectivity index (χ3v) is 1.05. The summed E-state index contributed by atoms with van der Waals surface area (Å²) in [4.78, 5) is 9.96. The highest BCUT2D eigenvalue weighted by Gasteiger charge is 2.11. The van der Waals surface area contributed by atoms with E-state index in [2.05, 4.69) is 0 Å². The van der Waals surface area contributed by atoms with Gasteiger partial charge in [0.2, 0.25) is 0 Å². The van der Waals surface area contributed by atoms with Crippen molar-refractivity contribution in [2.75, 3.05) is 0 Å². The van der Waals surface area contributed by atoms with Crippen LogP contribution in [-0.4, -0.2) is 22.3 Å². The van der Waals surface area contributed by atoms with Crippen LogP contribution in [0.15, 0.2) is 0 Å². The normalized spacial score (nSPS) is 12.0. The standard InChI is InChI=1S/C6H9NO3/c7-4-2-1-3-5(8)6(9)10/h5,8H,1-3H2,(H,9,10)/t5-/m0/s1. The van der Waals surface area contributed by atoms with Crippen LogP contribution in [-0.2, 0) is 4.79 Å². The number of hydrogen-bond donors (Lipinski definition) is 2. The predicted octanol–water partition coefficient (Wildman–Crippen LogP) is 0.126. The molecule has 4 nitrogen and oxygen atoms in total. The van der Waals surface area contributed by atoms with Crippen LogP contribution in [0.2, 0.25) is 0 Å². The molecule has 0 aliphatic carbocycles. The molecule has 0 amide bonds. The maximum atomic E-state index is 9.96. The summed E-state index contributed by atoms with van der Waals surface area (Å²) in [5.74, 6) is -1.22. The molecule has 0 saturated carbocycles. The highest BCUT2D eigenvalue weighted by atomic mass is 16.4. The Morgan fingerprint density at radius 3 is 2.70 bits per heavy atom. The van der Waals surface area contributed by atoms with Gasteiger partial charge in [0.15, 0.2) is 6.10 Å². The molecule has 0 aliphatic heterocycles. The van der Waals surface area contributed by atoms with Crippen LogP contribution in [0.1, 0.15) is 19.3 Å². The minimum absolute atomic E-state index is 0.156. The largest absolute Gasteiger partial charge is 0.479 e. The fourth-order valence-electron chi connectivity index (χ4n) is 0.498. The number of carboxylic acids is 1. The minimum Gasteiger partial charge on any atom is -0.479 e. The summed E-state index contributed by atoms with van der Waals surface area (Å²) in [6, 6.07) is 1.86. The third-order valence-electron chi connectivity index (χ3n) is 1.05. The van der Waals surface area contributed by atoms with Gasteiger partial charge in [-0.2, -0.15) is 5.26 Å². The number of aliphatic hydroxyl groups is 1. The van der Waals surface area contributed by atoms with Crippen LogP contribution in [0.25, 0.3) is 0 Å². The predicted molar refractivity (Wildman–Crippen MR) is 33.1 cm³/mol. The maximum Gasteiger partial charge on any atom is 0.332 e. The van der Waals surface area contributed by atoms with Crippen LogP contribution in [0.4, 0.5) is 0 Å². The molecule has 0 radical (unpaired) electrons. The summed E-state index contributed by atoms with van der Waals surface area (Å²) < 4.78 is 0. The Labute approximate surface area is 58.7 Å². The summed E-state index contributed by atoms with van der Waals surface area (Å²) in [6.07, 6.45) is -0.426. The van der Waals surface area contributed by atoms with E-state index in [0.717, 1.165) is 0 Å². The minimum atomic E-state index is -1.31. The van der Waals surface area contributed by atoms with Crippen molar-refractivity contribution < 1.29 is 15.0 Å². The summed E-state index contributed by atoms with van der Waals surface area (Å²) in [7, 11) is 0. The fraction of sp³-hybridized carbons (Fsp3) is 0.667. The zero-order chi connectivity index (χ0) is 7.98. The number of rotatable bonds is 4. The van der Waals surface area contributed by atoms with E-state index in [1.54, 1.807) is 0 Å². The molecular formula is C6H9NO3. The van der Waals surface area contributed by atoms with Crippen LogP contribution in [0.5, 0.6) is 0 Å². The zero-order valence-corrected chi connectivity index (χ0v) is 5.45. The number of nitriles is 1. The lowest BCUT2D eigenvalue weighted by Crippen LogP contribution is -2.18. The van der Waals surface area contributed by atoms with E-state index in [4.69, 9.17) is 15.5 Å². The zero-order valence-electron chi connectivity index (χ0n) is 5.45. The van der Waals surface area contributed by atoms with E-state index in [0.29, 0.717) is 12.8 Å². The van der Waals surface area contributed by atoms with Crippen molar-refractivity contribution in [1.82, 2.24) is 0 Å². The van der Waals surface area contributed by atoms with Gasteiger partial charge >= 0.3 is 5.97 Å². The molecule has 56 valence electrons. The Bertz CT molecular complexity index is 150. The lowest BCUT2D eigenvalue weighted by atomic mass is 10.2. The average molecular weight is 143 g/mol. The monoisotopic (exact) mass is 143 g/mol. The van der Waals surface area contributed by atoms with Gasteiger partial charge in [-0.25, -0.2) is 4.79 Å². The van der Waals surface area contributed by atoms with Gasteiger partial charge in [0.25, 0.3) is 0 Å². The van der Waals surface area contributed by atoms with Crippen molar-refractivity contribution in [2.45, 2.75) is 25.4 Å². The first-order chi connectivity index (χ1) is 4.68. The average Bonchev–Trinajstić information content (AvgIpc) is 1.88. The van der Waals surface area contributed by atoms with Gasteiger partial charge in [0.05, 0.1) is 6.07 Å². The first-order valence-electron chi connectivity index (χ1n) is 2.96. The molecule has 0 bridgehead atoms. The molecule has 0 aromatic carbocycles. The third kappa shape index (κ3) is 3.87. The molecule has 0 aliphatic rings. The van der Waals surface area contributed by atoms with Crippen molar-refractivity contribution in [3.63, 3.8) is 0 Å². The van der Waals surface area contributed by atoms with Gasteiger partial charge in [0.1, 0.15) is 0 Å². The second-order valence-electron chi connectivity index (χ2n) is 1.90. The van der Waals surface area contributed by atoms with Gasteiger partial charge in [-0.3, -0.25) is 0 Å². The number of hydrogen-bond acceptors (Lipinski definition) is 3. The Morgan fingerprint density at radius 1 is 1.70 bits per heavy atom. The van der Waals surface area contributed by atoms with Crippen molar-refractivity contribution >= 4 is 5.97 Å². The molecule has 0 spiro atoms. The first-order valence-corrected chi connectivity index (χ1v) is 2.96. The summed E-state index contributed by atoms with van der Waals surface area (Å²) in [5.41, 5.74) is 0. The van der Waals surface area contributed by atoms with Gasteiger partial charge < -0.3 is 10.2 Å². The SMILES string of the molecule is N#CCCC[C@H](O)C(=O)O. The Morgan fingerprint density at radius 2 is 2.30 bits per heavy atom. The van der Waals surface area contributed by atoms with Crippen LogP contribution >= 0.6 is 0 Å². The second-order valence-corrected chi connectivity index (χ2v) is 1.90. The topological polar surface area (TPSA) is 81.3 Å². The van der Waals surface area contributed by atoms with Gasteiger partial charge in [-0.15, -0.1) is 0 Å². The molecule has 0 rings (SSSR count). The van der Waals surface area contributed by atoms with E-state index < -0.39 is 12.1 Å². The van der Waals surface area contributed by atoms with Crippen molar-refractivity contribution in [1.29, 1.82) is 5.26 Å². The first kappa shape index (κ1) is 8.92. The van der Waals surface area contributed by atoms with Gasteiger partial charge in [-0.1, -0.05) is 0 Å². The summed E-state index contributed by atoms with van der Waals surface area (Å²) in [5, 5.41) is 24.8. The van der Waals surface area contributed by atoms with Crippen molar-refractivity contribution in [2.24, 2.45) is 0 Å². The molecule has 2 N–H and O–H groups in total. The molecule has 4 heteroatoms. The van der Waals surface area contributed by atoms with Crippen molar-refractivity contribution in [3.05, 3.63) is 0 Å². The molecule has 0 aromatic heterocycles. The molecular weight excluding hydrogens is 134 g/mol. The highest BCUT2D eigenvalue weighted by Crippen LogP contribution is 1.99. The number of unbranched alkanes of at least 4 members (excludes halogenated alkanes) is 1. The Kier molecular flexibility index (Phi) is 4.25. The second kappa shape index (κ2) is 4.77. The number of nitrogens with zero attached hydrogens (tertiary/aromatic N) is 1. The van der Waals surface area contributed by atoms with E-state index in [-0.39, 0.29) is 6.42 Å². The van der Waals surface area contributed by atoms with Gasteiger partial charge in [-0.05, 0) is 12.8 Å². The smallest absolute Gasteiger partial charge is 0.332 e. The number of aliphatic carboxylic acids is 1. The lowest BCUT2D eigenvalue weighted by molar-refractivity contribution is -0.146. The van der Waals surface area contributed by atoms with Gasteiger partial charge in [0, 0.05) is 6.42 Å². The molecule has 0 saturated heterocycles. The molecule has 10 heavy (non-hydrogen) atoms. The molecule has 0 unspecified atom stereocenters. The van der Waals surface area contributed by atoms with Crippen molar-refractivity contribution in [3.8, 4) is 6.07 Å². The van der Waals surface area contributed by atoms with Crippen LogP contribution < -0.4 is 0 Å². The molecule has 1 atom stereocenters. The Hall–Kier alpha value is -1.08. The number of carboxylic acid groups (broad SMARTS) is 1. The van der Waals surface area contributed by atoms with Crippen LogP contribution in [0.3, 0.4) is 0 Å². The summed E-state index contributed by atoms with van der Waals surface area (Å²) >= 11 is 0. The van der Waals surface area contributed by atoms with E-state index in [1.165, 1.54) is 0 Å². The molecule has 0 heterocycles. The Balaban J connectivity index is 3.32. The van der Waals surface area contributed by atoms with E-state index in [1.807, 2.05) is 6.07 Å². The van der Waals surface area contributed by atoms with Crippen LogP contribution in [0, 0.1) is 11.3 Å². The van der Waals surface area contributed by atoms with E-state index >= 15 is 0 Å². The fourth-order valence-corrected chi connectivity index (χ4v) is 0.498. The number of aliphatic hydroxyl groups excluding tert-OH is 1. The highest BCUT2D eigenvalue weighted by molar-refractivity contribution is 5.71. The number of carbonyl (C=O) groups is 1. The lowest BCUT2D eigenvalue weighted by Gasteiger charge is -2.00. The molecule has 0 fully saturated rings. The maximum absolute atomic E-state index is 9.96.